The molecule has 1 nitrogen and oxygen atoms in total. The molecule has 50 valence electrons. The van der Waals surface area contributed by atoms with Crippen LogP contribution in [-0.4, -0.2) is 30.3 Å². The van der Waals surface area contributed by atoms with Gasteiger partial charge < -0.3 is 17.5 Å². The molecule has 0 saturated carbocycles. The second kappa shape index (κ2) is 9.95. The van der Waals surface area contributed by atoms with Crippen LogP contribution in [0.25, 0.3) is 0 Å². The van der Waals surface area contributed by atoms with Crippen molar-refractivity contribution in [3.05, 3.63) is 0 Å². The third-order valence-corrected chi connectivity index (χ3v) is 1.48. The van der Waals surface area contributed by atoms with Gasteiger partial charge in [0, 0.05) is 0 Å². The van der Waals surface area contributed by atoms with Crippen LogP contribution in [0.15, 0.2) is 0 Å². The van der Waals surface area contributed by atoms with E-state index in [1.165, 1.54) is 0 Å². The molecule has 0 aliphatic carbocycles. The molecule has 0 rings (SSSR count). The smallest absolute Gasteiger partial charge is 0.791 e. The van der Waals surface area contributed by atoms with Gasteiger partial charge in [-0.15, -0.1) is 0 Å². The number of rotatable bonds is 4. The number of nitrogens with zero attached hydrogens (tertiary/aromatic N) is 1. The van der Waals surface area contributed by atoms with Gasteiger partial charge in [-0.2, -0.15) is 5.75 Å². The summed E-state index contributed by atoms with van der Waals surface area (Å²) in [6.45, 7) is 7.66. The Kier molecular flexibility index (Phi) is 15.0. The molecule has 0 bridgehead atoms. The van der Waals surface area contributed by atoms with Gasteiger partial charge in [0.25, 0.3) is 0 Å². The van der Waals surface area contributed by atoms with Gasteiger partial charge in [-0.3, -0.25) is 0 Å². The van der Waals surface area contributed by atoms with E-state index in [1.54, 1.807) is 0 Å². The minimum Gasteiger partial charge on any atom is -0.791 e. The molecule has 0 spiro atoms. The first-order valence-electron chi connectivity index (χ1n) is 3.15. The van der Waals surface area contributed by atoms with Crippen LogP contribution in [0, 0.1) is 0 Å². The van der Waals surface area contributed by atoms with Crippen molar-refractivity contribution >= 4 is 12.6 Å². The van der Waals surface area contributed by atoms with E-state index in [9.17, 15) is 0 Å². The van der Waals surface area contributed by atoms with Gasteiger partial charge in [0.2, 0.25) is 0 Å². The topological polar surface area (TPSA) is 3.24 Å². The molecular formula is C6H14KNS. The van der Waals surface area contributed by atoms with E-state index in [1.807, 2.05) is 0 Å². The molecule has 0 aromatic carbocycles. The van der Waals surface area contributed by atoms with Crippen LogP contribution in [0.5, 0.6) is 0 Å². The molecule has 0 saturated heterocycles. The fraction of sp³-hybridized carbons (Fsp3) is 1.00. The summed E-state index contributed by atoms with van der Waals surface area (Å²) < 4.78 is 0. The van der Waals surface area contributed by atoms with E-state index in [0.29, 0.717) is 0 Å². The van der Waals surface area contributed by atoms with E-state index in [2.05, 4.69) is 18.7 Å². The van der Waals surface area contributed by atoms with Gasteiger partial charge in [-0.1, -0.05) is 13.8 Å². The van der Waals surface area contributed by atoms with Crippen molar-refractivity contribution in [3.8, 4) is 0 Å². The van der Waals surface area contributed by atoms with Crippen molar-refractivity contribution in [2.45, 2.75) is 13.8 Å². The maximum absolute atomic E-state index is 4.82. The van der Waals surface area contributed by atoms with E-state index in [-0.39, 0.29) is 51.4 Å². The molecule has 3 heteroatoms. The van der Waals surface area contributed by atoms with E-state index in [0.717, 1.165) is 25.4 Å². The van der Waals surface area contributed by atoms with Crippen molar-refractivity contribution in [1.82, 2.24) is 4.90 Å². The summed E-state index contributed by atoms with van der Waals surface area (Å²) in [5.41, 5.74) is 0. The SMILES string of the molecule is CCN(CC)CC[S-].[K+]. The molecule has 0 aliphatic heterocycles. The minimum atomic E-state index is 0. The van der Waals surface area contributed by atoms with Crippen molar-refractivity contribution in [1.29, 1.82) is 0 Å². The predicted molar refractivity (Wildman–Crippen MR) is 40.0 cm³/mol. The molecule has 0 amide bonds. The largest absolute Gasteiger partial charge is 1.00 e. The number of hydrogen-bond donors (Lipinski definition) is 0. The predicted octanol–water partition coefficient (Wildman–Crippen LogP) is -2.12. The fourth-order valence-corrected chi connectivity index (χ4v) is 0.927. The zero-order chi connectivity index (χ0) is 6.41. The quantitative estimate of drug-likeness (QED) is 0.351. The van der Waals surface area contributed by atoms with Crippen LogP contribution in [0.2, 0.25) is 0 Å². The first-order chi connectivity index (χ1) is 3.85. The molecule has 0 atom stereocenters. The summed E-state index contributed by atoms with van der Waals surface area (Å²) in [5.74, 6) is 0.863. The summed E-state index contributed by atoms with van der Waals surface area (Å²) in [4.78, 5) is 2.33. The van der Waals surface area contributed by atoms with Crippen LogP contribution < -0.4 is 51.4 Å². The van der Waals surface area contributed by atoms with E-state index >= 15 is 0 Å². The molecule has 0 unspecified atom stereocenters. The van der Waals surface area contributed by atoms with Crippen LogP contribution >= 0.6 is 0 Å². The Hall–Kier alpha value is 1.95. The van der Waals surface area contributed by atoms with Crippen molar-refractivity contribution in [3.63, 3.8) is 0 Å². The number of hydrogen-bond acceptors (Lipinski definition) is 2. The maximum atomic E-state index is 4.82. The van der Waals surface area contributed by atoms with Gasteiger partial charge in [-0.05, 0) is 19.6 Å². The van der Waals surface area contributed by atoms with E-state index < -0.39 is 0 Å². The van der Waals surface area contributed by atoms with Crippen LogP contribution in [0.3, 0.4) is 0 Å². The fourth-order valence-electron chi connectivity index (χ4n) is 0.669. The van der Waals surface area contributed by atoms with Crippen LogP contribution in [-0.2, 0) is 12.6 Å². The Morgan fingerprint density at radius 3 is 1.78 bits per heavy atom. The molecule has 0 aromatic rings. The summed E-state index contributed by atoms with van der Waals surface area (Å²) in [6.07, 6.45) is 0. The van der Waals surface area contributed by atoms with Crippen molar-refractivity contribution < 1.29 is 51.4 Å². The molecule has 0 N–H and O–H groups in total. The molecule has 0 fully saturated rings. The Morgan fingerprint density at radius 2 is 1.67 bits per heavy atom. The standard InChI is InChI=1S/C6H15NS.K/c1-3-7(4-2)5-6-8;/h8H,3-6H2,1-2H3;/q;+1/p-1. The summed E-state index contributed by atoms with van der Waals surface area (Å²) in [6, 6.07) is 0. The van der Waals surface area contributed by atoms with Gasteiger partial charge >= 0.3 is 51.4 Å². The van der Waals surface area contributed by atoms with E-state index in [4.69, 9.17) is 12.6 Å². The normalized spacial score (nSPS) is 9.33. The van der Waals surface area contributed by atoms with Gasteiger partial charge in [0.15, 0.2) is 0 Å². The zero-order valence-corrected chi connectivity index (χ0v) is 10.6. The van der Waals surface area contributed by atoms with Gasteiger partial charge in [0.05, 0.1) is 0 Å². The maximum Gasteiger partial charge on any atom is 1.00 e. The second-order valence-corrected chi connectivity index (χ2v) is 2.14. The monoisotopic (exact) mass is 171 g/mol. The molecule has 0 heterocycles. The average Bonchev–Trinajstić information content (AvgIpc) is 1.83. The third kappa shape index (κ3) is 7.85. The second-order valence-electron chi connectivity index (χ2n) is 1.73. The summed E-state index contributed by atoms with van der Waals surface area (Å²) in [5, 5.41) is 0. The first-order valence-corrected chi connectivity index (χ1v) is 3.73. The summed E-state index contributed by atoms with van der Waals surface area (Å²) >= 11 is 4.82. The Balaban J connectivity index is 0. The Labute approximate surface area is 106 Å². The van der Waals surface area contributed by atoms with Gasteiger partial charge in [-0.25, -0.2) is 0 Å². The Morgan fingerprint density at radius 1 is 1.22 bits per heavy atom. The van der Waals surface area contributed by atoms with Crippen molar-refractivity contribution in [2.24, 2.45) is 0 Å². The van der Waals surface area contributed by atoms with Gasteiger partial charge in [0.1, 0.15) is 0 Å². The average molecular weight is 171 g/mol. The molecule has 0 radical (unpaired) electrons. The molecular weight excluding hydrogens is 157 g/mol. The first kappa shape index (κ1) is 13.5. The van der Waals surface area contributed by atoms with Crippen LogP contribution in [0.1, 0.15) is 13.8 Å². The molecule has 0 aliphatic rings. The third-order valence-electron chi connectivity index (χ3n) is 1.30. The Bertz CT molecular complexity index is 48.3. The van der Waals surface area contributed by atoms with Crippen LogP contribution in [0.4, 0.5) is 0 Å². The molecule has 9 heavy (non-hydrogen) atoms. The zero-order valence-electron chi connectivity index (χ0n) is 6.68. The summed E-state index contributed by atoms with van der Waals surface area (Å²) in [7, 11) is 0. The molecule has 0 aromatic heterocycles. The van der Waals surface area contributed by atoms with Crippen molar-refractivity contribution in [2.75, 3.05) is 25.4 Å². The minimum absolute atomic E-state index is 0.